The van der Waals surface area contributed by atoms with Crippen molar-refractivity contribution >= 4 is 40.7 Å². The first-order valence-corrected chi connectivity index (χ1v) is 14.0. The highest BCUT2D eigenvalue weighted by Gasteiger charge is 2.64. The smallest absolute Gasteiger partial charge is 0.251 e. The van der Waals surface area contributed by atoms with E-state index in [-0.39, 0.29) is 47.5 Å². The minimum Gasteiger partial charge on any atom is -0.384 e. The van der Waals surface area contributed by atoms with E-state index in [2.05, 4.69) is 17.6 Å². The van der Waals surface area contributed by atoms with Crippen molar-refractivity contribution in [3.8, 4) is 0 Å². The van der Waals surface area contributed by atoms with Crippen molar-refractivity contribution in [1.29, 1.82) is 5.41 Å². The Labute approximate surface area is 236 Å². The zero-order chi connectivity index (χ0) is 28.6. The molecular formula is C30H31N5O4S. The molecule has 40 heavy (non-hydrogen) atoms. The lowest BCUT2D eigenvalue weighted by atomic mass is 10.0. The fourth-order valence-electron chi connectivity index (χ4n) is 5.34. The van der Waals surface area contributed by atoms with Crippen LogP contribution in [0.15, 0.2) is 66.0 Å². The molecule has 0 spiro atoms. The van der Waals surface area contributed by atoms with Crippen LogP contribution < -0.4 is 16.4 Å². The number of hydrogen-bond donors (Lipinski definition) is 4. The number of likely N-dealkylation sites (tertiary alicyclic amines) is 1. The van der Waals surface area contributed by atoms with Gasteiger partial charge in [-0.15, -0.1) is 11.3 Å². The average Bonchev–Trinajstić information content (AvgIpc) is 3.28. The summed E-state index contributed by atoms with van der Waals surface area (Å²) in [6.07, 6.45) is 1.39. The topological polar surface area (TPSA) is 145 Å². The van der Waals surface area contributed by atoms with Gasteiger partial charge in [-0.2, -0.15) is 0 Å². The summed E-state index contributed by atoms with van der Waals surface area (Å²) in [6.45, 7) is 3.70. The van der Waals surface area contributed by atoms with Crippen LogP contribution in [0.4, 0.5) is 0 Å². The summed E-state index contributed by atoms with van der Waals surface area (Å²) >= 11 is 1.41. The fraction of sp³-hybridized carbons (Fsp3) is 0.300. The second-order valence-corrected chi connectivity index (χ2v) is 11.7. The Morgan fingerprint density at radius 2 is 1.68 bits per heavy atom. The van der Waals surface area contributed by atoms with Crippen molar-refractivity contribution < 1.29 is 19.2 Å². The number of amidine groups is 1. The zero-order valence-electron chi connectivity index (χ0n) is 22.3. The predicted octanol–water partition coefficient (Wildman–Crippen LogP) is 3.25. The molecule has 1 aliphatic carbocycles. The van der Waals surface area contributed by atoms with Crippen LogP contribution >= 0.6 is 11.3 Å². The van der Waals surface area contributed by atoms with Crippen molar-refractivity contribution in [2.75, 3.05) is 6.54 Å². The number of nitrogens with two attached hydrogens (primary N) is 1. The lowest BCUT2D eigenvalue weighted by Gasteiger charge is -2.28. The van der Waals surface area contributed by atoms with E-state index >= 15 is 0 Å². The van der Waals surface area contributed by atoms with Gasteiger partial charge in [0.15, 0.2) is 5.78 Å². The van der Waals surface area contributed by atoms with Crippen LogP contribution in [0.25, 0.3) is 0 Å². The van der Waals surface area contributed by atoms with Crippen LogP contribution in [0, 0.1) is 10.8 Å². The number of thiophene rings is 1. The number of carbonyl (C=O) groups excluding carboxylic acids is 4. The Morgan fingerprint density at radius 1 is 1.02 bits per heavy atom. The van der Waals surface area contributed by atoms with Gasteiger partial charge in [0.05, 0.1) is 12.6 Å². The highest BCUT2D eigenvalue weighted by molar-refractivity contribution is 7.10. The van der Waals surface area contributed by atoms with Gasteiger partial charge in [0.25, 0.3) is 5.91 Å². The van der Waals surface area contributed by atoms with Gasteiger partial charge in [0, 0.05) is 38.6 Å². The van der Waals surface area contributed by atoms with E-state index in [1.807, 2.05) is 13.0 Å². The number of benzene rings is 2. The number of hydrogen-bond acceptors (Lipinski definition) is 6. The Morgan fingerprint density at radius 3 is 2.33 bits per heavy atom. The Bertz CT molecular complexity index is 1490. The first kappa shape index (κ1) is 27.3. The highest BCUT2D eigenvalue weighted by Crippen LogP contribution is 2.59. The average molecular weight is 558 g/mol. The minimum atomic E-state index is -0.619. The van der Waals surface area contributed by atoms with Crippen LogP contribution in [0.1, 0.15) is 69.5 Å². The maximum atomic E-state index is 13.3. The van der Waals surface area contributed by atoms with Crippen LogP contribution in [0.5, 0.6) is 0 Å². The quantitative estimate of drug-likeness (QED) is 0.181. The van der Waals surface area contributed by atoms with E-state index < -0.39 is 11.9 Å². The van der Waals surface area contributed by atoms with Gasteiger partial charge in [-0.3, -0.25) is 24.6 Å². The molecule has 0 radical (unpaired) electrons. The number of nitrogen functional groups attached to an aromatic ring is 1. The first-order chi connectivity index (χ1) is 19.1. The van der Waals surface area contributed by atoms with Crippen LogP contribution in [0.2, 0.25) is 0 Å². The van der Waals surface area contributed by atoms with Crippen molar-refractivity contribution in [1.82, 2.24) is 15.5 Å². The number of carbonyl (C=O) groups is 4. The number of fused-ring (bicyclic) bond motifs is 1. The molecule has 1 saturated heterocycles. The van der Waals surface area contributed by atoms with Gasteiger partial charge in [-0.1, -0.05) is 49.4 Å². The summed E-state index contributed by atoms with van der Waals surface area (Å²) in [4.78, 5) is 54.4. The molecule has 5 rings (SSSR count). The van der Waals surface area contributed by atoms with Gasteiger partial charge in [0.1, 0.15) is 11.9 Å². The molecule has 3 amide bonds. The molecular weight excluding hydrogens is 526 g/mol. The summed E-state index contributed by atoms with van der Waals surface area (Å²) < 4.78 is 0. The number of rotatable bonds is 9. The van der Waals surface area contributed by atoms with E-state index in [9.17, 15) is 19.2 Å². The highest BCUT2D eigenvalue weighted by atomic mass is 32.1. The maximum Gasteiger partial charge on any atom is 0.251 e. The van der Waals surface area contributed by atoms with E-state index in [4.69, 9.17) is 11.1 Å². The largest absolute Gasteiger partial charge is 0.384 e. The van der Waals surface area contributed by atoms with E-state index in [0.29, 0.717) is 28.7 Å². The molecule has 2 fully saturated rings. The molecule has 2 heterocycles. The number of nitrogens with one attached hydrogen (secondary N) is 3. The Kier molecular flexibility index (Phi) is 7.29. The van der Waals surface area contributed by atoms with Crippen LogP contribution in [-0.4, -0.2) is 52.9 Å². The molecule has 3 aromatic rings. The summed E-state index contributed by atoms with van der Waals surface area (Å²) in [5.41, 5.74) is 7.43. The van der Waals surface area contributed by atoms with Crippen molar-refractivity contribution in [2.45, 2.75) is 44.8 Å². The molecule has 206 valence electrons. The van der Waals surface area contributed by atoms with Gasteiger partial charge in [-0.25, -0.2) is 0 Å². The minimum absolute atomic E-state index is 0.0275. The molecule has 1 aliphatic heterocycles. The standard InChI is InChI=1S/C30H31N5O4S/c1-17(23-12-21(16-40-23)27(31)32)34-29(39)22-13-30(2)14-24(30)35(22)25(36)15-33-28(38)20-10-8-19(9-11-20)26(37)18-6-4-3-5-7-18/h3-12,16-17,22,24H,13-15H2,1-2H3,(H3,31,32)(H,33,38)(H,34,39)/t17-,22+,24+,30-/m1/s1. The van der Waals surface area contributed by atoms with E-state index in [1.54, 1.807) is 64.9 Å². The third-order valence-corrected chi connectivity index (χ3v) is 8.90. The lowest BCUT2D eigenvalue weighted by Crippen LogP contribution is -2.51. The molecule has 9 nitrogen and oxygen atoms in total. The molecule has 4 atom stereocenters. The molecule has 1 aromatic heterocycles. The fourth-order valence-corrected chi connectivity index (χ4v) is 6.26. The normalized spacial score (nSPS) is 21.7. The Balaban J connectivity index is 1.19. The molecule has 2 aliphatic rings. The predicted molar refractivity (Wildman–Crippen MR) is 152 cm³/mol. The SMILES string of the molecule is C[C@@H](NC(=O)[C@@H]1C[C@]2(C)C[C@@H]2N1C(=O)CNC(=O)c1ccc(C(=O)c2ccccc2)cc1)c1cc(C(=N)N)cs1. The second-order valence-electron chi connectivity index (χ2n) is 10.7. The van der Waals surface area contributed by atoms with Crippen LogP contribution in [0.3, 0.4) is 0 Å². The van der Waals surface area contributed by atoms with E-state index in [0.717, 1.165) is 11.3 Å². The van der Waals surface area contributed by atoms with Gasteiger partial charge in [-0.05, 0) is 43.4 Å². The number of ketones is 1. The lowest BCUT2D eigenvalue weighted by molar-refractivity contribution is -0.139. The van der Waals surface area contributed by atoms with Gasteiger partial charge >= 0.3 is 0 Å². The van der Waals surface area contributed by atoms with Crippen molar-refractivity contribution in [3.05, 3.63) is 93.2 Å². The first-order valence-electron chi connectivity index (χ1n) is 13.1. The molecule has 2 aromatic carbocycles. The van der Waals surface area contributed by atoms with Crippen molar-refractivity contribution in [3.63, 3.8) is 0 Å². The van der Waals surface area contributed by atoms with Crippen molar-refractivity contribution in [2.24, 2.45) is 11.1 Å². The summed E-state index contributed by atoms with van der Waals surface area (Å²) in [5, 5.41) is 15.0. The summed E-state index contributed by atoms with van der Waals surface area (Å²) in [6, 6.07) is 16.0. The summed E-state index contributed by atoms with van der Waals surface area (Å²) in [7, 11) is 0. The molecule has 5 N–H and O–H groups in total. The molecule has 0 unspecified atom stereocenters. The van der Waals surface area contributed by atoms with Gasteiger partial charge < -0.3 is 21.3 Å². The number of nitrogens with zero attached hydrogens (tertiary/aromatic N) is 1. The second kappa shape index (κ2) is 10.7. The third-order valence-electron chi connectivity index (χ3n) is 7.79. The maximum absolute atomic E-state index is 13.3. The molecule has 1 saturated carbocycles. The zero-order valence-corrected chi connectivity index (χ0v) is 23.1. The third kappa shape index (κ3) is 5.40. The number of piperidine rings is 1. The van der Waals surface area contributed by atoms with Crippen LogP contribution in [-0.2, 0) is 9.59 Å². The molecule has 0 bridgehead atoms. The summed E-state index contributed by atoms with van der Waals surface area (Å²) in [5.74, 6) is -1.14. The monoisotopic (exact) mass is 557 g/mol. The Hall–Kier alpha value is -4.31. The number of amides is 3. The van der Waals surface area contributed by atoms with E-state index in [1.165, 1.54) is 11.3 Å². The molecule has 10 heteroatoms. The van der Waals surface area contributed by atoms with Gasteiger partial charge in [0.2, 0.25) is 11.8 Å².